The lowest BCUT2D eigenvalue weighted by atomic mass is 9.79. The molecule has 1 amide bonds. The van der Waals surface area contributed by atoms with Crippen molar-refractivity contribution in [2.45, 2.75) is 12.8 Å². The summed E-state index contributed by atoms with van der Waals surface area (Å²) in [7, 11) is 0. The number of rotatable bonds is 3. The number of hydrogen-bond acceptors (Lipinski definition) is 5. The summed E-state index contributed by atoms with van der Waals surface area (Å²) in [5, 5.41) is 2.99. The number of fused-ring (bicyclic) bond motifs is 1. The third-order valence-corrected chi connectivity index (χ3v) is 4.70. The molecule has 1 aromatic heterocycles. The Hall–Kier alpha value is -1.50. The molecule has 2 heterocycles. The first-order valence-corrected chi connectivity index (χ1v) is 7.54. The summed E-state index contributed by atoms with van der Waals surface area (Å²) in [6, 6.07) is 5.75. The molecule has 0 radical (unpaired) electrons. The number of carbonyl (C=O) groups excluding carboxylic acids is 1. The van der Waals surface area contributed by atoms with Gasteiger partial charge in [0.1, 0.15) is 0 Å². The Morgan fingerprint density at radius 2 is 2.25 bits per heavy atom. The Morgan fingerprint density at radius 1 is 1.45 bits per heavy atom. The van der Waals surface area contributed by atoms with Gasteiger partial charge in [0.05, 0.1) is 21.1 Å². The average molecular weight is 291 g/mol. The molecule has 2 aromatic rings. The predicted molar refractivity (Wildman–Crippen MR) is 79.8 cm³/mol. The van der Waals surface area contributed by atoms with E-state index in [-0.39, 0.29) is 5.91 Å². The fourth-order valence-corrected chi connectivity index (χ4v) is 3.20. The minimum absolute atomic E-state index is 0.00725. The van der Waals surface area contributed by atoms with Gasteiger partial charge in [0, 0.05) is 25.4 Å². The number of carbonyl (C=O) groups is 1. The lowest BCUT2D eigenvalue weighted by Crippen LogP contribution is -2.46. The number of aromatic nitrogens is 1. The topological polar surface area (TPSA) is 77.2 Å². The number of benzene rings is 1. The minimum Gasteiger partial charge on any atom is -0.381 e. The van der Waals surface area contributed by atoms with Gasteiger partial charge in [-0.3, -0.25) is 4.79 Å². The van der Waals surface area contributed by atoms with Crippen molar-refractivity contribution in [1.82, 2.24) is 4.98 Å². The van der Waals surface area contributed by atoms with E-state index in [0.29, 0.717) is 32.6 Å². The highest BCUT2D eigenvalue weighted by molar-refractivity contribution is 7.16. The first-order valence-electron chi connectivity index (χ1n) is 6.66. The smallest absolute Gasteiger partial charge is 0.232 e. The molecule has 0 saturated carbocycles. The summed E-state index contributed by atoms with van der Waals surface area (Å²) in [5.74, 6) is -0.00725. The third kappa shape index (κ3) is 2.42. The van der Waals surface area contributed by atoms with E-state index < -0.39 is 5.41 Å². The van der Waals surface area contributed by atoms with Crippen molar-refractivity contribution in [3.05, 3.63) is 23.7 Å². The summed E-state index contributed by atoms with van der Waals surface area (Å²) < 4.78 is 6.40. The Balaban J connectivity index is 1.80. The lowest BCUT2D eigenvalue weighted by molar-refractivity contribution is -0.130. The molecule has 1 saturated heterocycles. The van der Waals surface area contributed by atoms with Crippen molar-refractivity contribution >= 4 is 33.1 Å². The van der Waals surface area contributed by atoms with Crippen LogP contribution in [0.4, 0.5) is 5.69 Å². The van der Waals surface area contributed by atoms with Gasteiger partial charge in [-0.15, -0.1) is 11.3 Å². The lowest BCUT2D eigenvalue weighted by Gasteiger charge is -2.34. The minimum atomic E-state index is -0.499. The molecule has 0 aliphatic carbocycles. The van der Waals surface area contributed by atoms with Crippen LogP contribution in [0, 0.1) is 5.41 Å². The fraction of sp³-hybridized carbons (Fsp3) is 0.429. The average Bonchev–Trinajstić information content (AvgIpc) is 2.95. The van der Waals surface area contributed by atoms with Crippen molar-refractivity contribution in [1.29, 1.82) is 0 Å². The van der Waals surface area contributed by atoms with E-state index in [0.717, 1.165) is 15.9 Å². The Kier molecular flexibility index (Phi) is 3.69. The maximum absolute atomic E-state index is 12.5. The number of amides is 1. The van der Waals surface area contributed by atoms with Crippen LogP contribution in [0.2, 0.25) is 0 Å². The number of nitrogens with two attached hydrogens (primary N) is 1. The van der Waals surface area contributed by atoms with Crippen molar-refractivity contribution in [2.75, 3.05) is 25.1 Å². The van der Waals surface area contributed by atoms with Gasteiger partial charge in [-0.1, -0.05) is 0 Å². The van der Waals surface area contributed by atoms with E-state index in [1.165, 1.54) is 0 Å². The Bertz CT molecular complexity index is 620. The molecule has 0 unspecified atom stereocenters. The van der Waals surface area contributed by atoms with E-state index in [1.54, 1.807) is 16.8 Å². The number of nitrogens with one attached hydrogen (secondary N) is 1. The number of thiazole rings is 1. The van der Waals surface area contributed by atoms with Crippen molar-refractivity contribution < 1.29 is 9.53 Å². The second-order valence-electron chi connectivity index (χ2n) is 5.09. The van der Waals surface area contributed by atoms with E-state index >= 15 is 0 Å². The van der Waals surface area contributed by atoms with Crippen LogP contribution in [0.1, 0.15) is 12.8 Å². The highest BCUT2D eigenvalue weighted by Gasteiger charge is 2.38. The van der Waals surface area contributed by atoms with Crippen LogP contribution in [0.3, 0.4) is 0 Å². The largest absolute Gasteiger partial charge is 0.381 e. The van der Waals surface area contributed by atoms with Crippen LogP contribution in [-0.2, 0) is 9.53 Å². The maximum Gasteiger partial charge on any atom is 0.232 e. The quantitative estimate of drug-likeness (QED) is 0.906. The van der Waals surface area contributed by atoms with Crippen molar-refractivity contribution in [3.8, 4) is 0 Å². The molecule has 1 fully saturated rings. The summed E-state index contributed by atoms with van der Waals surface area (Å²) >= 11 is 1.56. The predicted octanol–water partition coefficient (Wildman–Crippen LogP) is 1.99. The van der Waals surface area contributed by atoms with Crippen LogP contribution in [0.5, 0.6) is 0 Å². The number of nitrogens with zero attached hydrogens (tertiary/aromatic N) is 1. The molecule has 1 aliphatic rings. The zero-order valence-electron chi connectivity index (χ0n) is 11.1. The molecular weight excluding hydrogens is 274 g/mol. The molecule has 6 heteroatoms. The zero-order valence-corrected chi connectivity index (χ0v) is 11.9. The molecule has 1 aromatic carbocycles. The number of anilines is 1. The highest BCUT2D eigenvalue weighted by atomic mass is 32.1. The Labute approximate surface area is 121 Å². The molecule has 3 rings (SSSR count). The van der Waals surface area contributed by atoms with E-state index in [1.807, 2.05) is 18.2 Å². The summed E-state index contributed by atoms with van der Waals surface area (Å²) in [6.07, 6.45) is 1.36. The molecule has 3 N–H and O–H groups in total. The van der Waals surface area contributed by atoms with Gasteiger partial charge in [-0.25, -0.2) is 4.98 Å². The SMILES string of the molecule is NCC1(C(=O)Nc2ccc3ncsc3c2)CCOCC1. The maximum atomic E-state index is 12.5. The van der Waals surface area contributed by atoms with Gasteiger partial charge in [0.15, 0.2) is 0 Å². The summed E-state index contributed by atoms with van der Waals surface area (Å²) in [4.78, 5) is 16.8. The second kappa shape index (κ2) is 5.47. The standard InChI is InChI=1S/C14H17N3O2S/c15-8-14(3-5-19-6-4-14)13(18)17-10-1-2-11-12(7-10)20-9-16-11/h1-2,7,9H,3-6,8,15H2,(H,17,18). The van der Waals surface area contributed by atoms with Gasteiger partial charge >= 0.3 is 0 Å². The van der Waals surface area contributed by atoms with Crippen LogP contribution in [0.25, 0.3) is 10.2 Å². The molecule has 0 spiro atoms. The number of ether oxygens (including phenoxy) is 1. The van der Waals surface area contributed by atoms with Crippen LogP contribution < -0.4 is 11.1 Å². The fourth-order valence-electron chi connectivity index (χ4n) is 2.48. The molecule has 1 aliphatic heterocycles. The van der Waals surface area contributed by atoms with Gasteiger partial charge < -0.3 is 15.8 Å². The first-order chi connectivity index (χ1) is 9.73. The monoisotopic (exact) mass is 291 g/mol. The summed E-state index contributed by atoms with van der Waals surface area (Å²) in [5.41, 5.74) is 8.89. The molecule has 5 nitrogen and oxygen atoms in total. The van der Waals surface area contributed by atoms with Crippen LogP contribution in [-0.4, -0.2) is 30.6 Å². The van der Waals surface area contributed by atoms with Gasteiger partial charge in [0.2, 0.25) is 5.91 Å². The van der Waals surface area contributed by atoms with Gasteiger partial charge in [0.25, 0.3) is 0 Å². The van der Waals surface area contributed by atoms with Gasteiger partial charge in [-0.2, -0.15) is 0 Å². The molecule has 106 valence electrons. The third-order valence-electron chi connectivity index (χ3n) is 3.91. The molecule has 0 bridgehead atoms. The van der Waals surface area contributed by atoms with E-state index in [4.69, 9.17) is 10.5 Å². The second-order valence-corrected chi connectivity index (χ2v) is 5.97. The normalized spacial score (nSPS) is 18.1. The van der Waals surface area contributed by atoms with Gasteiger partial charge in [-0.05, 0) is 31.0 Å². The van der Waals surface area contributed by atoms with Crippen molar-refractivity contribution in [3.63, 3.8) is 0 Å². The Morgan fingerprint density at radius 3 is 3.00 bits per heavy atom. The van der Waals surface area contributed by atoms with Crippen LogP contribution in [0.15, 0.2) is 23.7 Å². The highest BCUT2D eigenvalue weighted by Crippen LogP contribution is 2.31. The molecular formula is C14H17N3O2S. The van der Waals surface area contributed by atoms with E-state index in [2.05, 4.69) is 10.3 Å². The first kappa shape index (κ1) is 13.5. The summed E-state index contributed by atoms with van der Waals surface area (Å²) in [6.45, 7) is 1.54. The zero-order chi connectivity index (χ0) is 14.0. The van der Waals surface area contributed by atoms with Crippen molar-refractivity contribution in [2.24, 2.45) is 11.1 Å². The molecule has 20 heavy (non-hydrogen) atoms. The van der Waals surface area contributed by atoms with Crippen LogP contribution >= 0.6 is 11.3 Å². The van der Waals surface area contributed by atoms with E-state index in [9.17, 15) is 4.79 Å². The molecule has 0 atom stereocenters. The number of hydrogen-bond donors (Lipinski definition) is 2.